The minimum atomic E-state index is -0.248. The van der Waals surface area contributed by atoms with Crippen LogP contribution in [-0.2, 0) is 13.2 Å². The molecule has 3 aromatic carbocycles. The second-order valence-electron chi connectivity index (χ2n) is 6.86. The standard InChI is InChI=1S/C24H19Cl2N3O2/c25-20-9-2-1-7-19(20)15-29-13-12-23(28-29)27-24(30)18-8-5-6-17(14-18)16-31-22-11-4-3-10-21(22)26/h1-14H,15-16H2,(H,27,28,30). The summed E-state index contributed by atoms with van der Waals surface area (Å²) in [6, 6.07) is 23.9. The van der Waals surface area contributed by atoms with Crippen molar-refractivity contribution in [3.05, 3.63) is 112 Å². The van der Waals surface area contributed by atoms with Crippen molar-refractivity contribution in [2.45, 2.75) is 13.2 Å². The quantitative estimate of drug-likeness (QED) is 0.370. The van der Waals surface area contributed by atoms with Crippen LogP contribution in [0.4, 0.5) is 5.82 Å². The van der Waals surface area contributed by atoms with E-state index in [-0.39, 0.29) is 5.91 Å². The molecule has 1 aromatic heterocycles. The van der Waals surface area contributed by atoms with E-state index >= 15 is 0 Å². The fourth-order valence-corrected chi connectivity index (χ4v) is 3.42. The smallest absolute Gasteiger partial charge is 0.256 e. The Kier molecular flexibility index (Phi) is 6.55. The zero-order chi connectivity index (χ0) is 21.6. The Balaban J connectivity index is 1.39. The topological polar surface area (TPSA) is 56.2 Å². The monoisotopic (exact) mass is 451 g/mol. The molecule has 7 heteroatoms. The molecule has 1 amide bonds. The molecule has 0 spiro atoms. The summed E-state index contributed by atoms with van der Waals surface area (Å²) in [4.78, 5) is 12.7. The van der Waals surface area contributed by atoms with Crippen LogP contribution in [0, 0.1) is 0 Å². The number of hydrogen-bond acceptors (Lipinski definition) is 3. The predicted molar refractivity (Wildman–Crippen MR) is 123 cm³/mol. The molecule has 0 bridgehead atoms. The van der Waals surface area contributed by atoms with Crippen LogP contribution >= 0.6 is 23.2 Å². The van der Waals surface area contributed by atoms with Gasteiger partial charge in [0.15, 0.2) is 5.82 Å². The molecule has 0 unspecified atom stereocenters. The fraction of sp³-hybridized carbons (Fsp3) is 0.0833. The number of anilines is 1. The summed E-state index contributed by atoms with van der Waals surface area (Å²) < 4.78 is 7.48. The van der Waals surface area contributed by atoms with Crippen LogP contribution in [0.5, 0.6) is 5.75 Å². The third kappa shape index (κ3) is 5.45. The SMILES string of the molecule is O=C(Nc1ccn(Cc2ccccc2Cl)n1)c1cccc(COc2ccccc2Cl)c1. The number of para-hydroxylation sites is 1. The number of carbonyl (C=O) groups is 1. The van der Waals surface area contributed by atoms with E-state index in [1.807, 2.05) is 48.5 Å². The van der Waals surface area contributed by atoms with E-state index in [4.69, 9.17) is 27.9 Å². The summed E-state index contributed by atoms with van der Waals surface area (Å²) in [6.07, 6.45) is 1.80. The lowest BCUT2D eigenvalue weighted by molar-refractivity contribution is 0.102. The van der Waals surface area contributed by atoms with Crippen molar-refractivity contribution in [2.75, 3.05) is 5.32 Å². The summed E-state index contributed by atoms with van der Waals surface area (Å²) in [7, 11) is 0. The van der Waals surface area contributed by atoms with Gasteiger partial charge < -0.3 is 10.1 Å². The van der Waals surface area contributed by atoms with Gasteiger partial charge in [-0.2, -0.15) is 5.10 Å². The molecule has 4 rings (SSSR count). The number of benzene rings is 3. The maximum Gasteiger partial charge on any atom is 0.256 e. The van der Waals surface area contributed by atoms with Gasteiger partial charge in [-0.1, -0.05) is 65.7 Å². The number of nitrogens with one attached hydrogen (secondary N) is 1. The predicted octanol–water partition coefficient (Wildman–Crippen LogP) is 6.07. The highest BCUT2D eigenvalue weighted by molar-refractivity contribution is 6.32. The van der Waals surface area contributed by atoms with Crippen LogP contribution in [0.3, 0.4) is 0 Å². The molecule has 0 saturated heterocycles. The lowest BCUT2D eigenvalue weighted by Gasteiger charge is -2.09. The number of halogens is 2. The zero-order valence-electron chi connectivity index (χ0n) is 16.5. The molecule has 0 atom stereocenters. The largest absolute Gasteiger partial charge is 0.487 e. The van der Waals surface area contributed by atoms with Crippen LogP contribution in [-0.4, -0.2) is 15.7 Å². The number of ether oxygens (including phenoxy) is 1. The van der Waals surface area contributed by atoms with Crippen LogP contribution in [0.1, 0.15) is 21.5 Å². The minimum absolute atomic E-state index is 0.248. The van der Waals surface area contributed by atoms with Crippen LogP contribution in [0.2, 0.25) is 10.0 Å². The molecule has 5 nitrogen and oxygen atoms in total. The summed E-state index contributed by atoms with van der Waals surface area (Å²) in [6.45, 7) is 0.821. The van der Waals surface area contributed by atoms with Crippen LogP contribution in [0.25, 0.3) is 0 Å². The average Bonchev–Trinajstić information content (AvgIpc) is 3.22. The first-order chi connectivity index (χ1) is 15.1. The van der Waals surface area contributed by atoms with Crippen LogP contribution in [0.15, 0.2) is 85.1 Å². The van der Waals surface area contributed by atoms with Crippen molar-refractivity contribution >= 4 is 34.9 Å². The van der Waals surface area contributed by atoms with Gasteiger partial charge in [0.05, 0.1) is 11.6 Å². The maximum atomic E-state index is 12.7. The van der Waals surface area contributed by atoms with E-state index in [2.05, 4.69) is 10.4 Å². The third-order valence-corrected chi connectivity index (χ3v) is 5.27. The normalized spacial score (nSPS) is 10.6. The Bertz CT molecular complexity index is 1210. The first-order valence-electron chi connectivity index (χ1n) is 9.63. The molecule has 0 aliphatic carbocycles. The zero-order valence-corrected chi connectivity index (χ0v) is 18.0. The van der Waals surface area contributed by atoms with E-state index in [1.165, 1.54) is 0 Å². The Morgan fingerprint density at radius 3 is 2.52 bits per heavy atom. The number of carbonyl (C=O) groups excluding carboxylic acids is 1. The van der Waals surface area contributed by atoms with Crippen molar-refractivity contribution in [3.8, 4) is 5.75 Å². The van der Waals surface area contributed by atoms with E-state index < -0.39 is 0 Å². The number of nitrogens with zero attached hydrogens (tertiary/aromatic N) is 2. The average molecular weight is 452 g/mol. The van der Waals surface area contributed by atoms with E-state index in [9.17, 15) is 4.79 Å². The molecule has 4 aromatic rings. The number of hydrogen-bond donors (Lipinski definition) is 1. The van der Waals surface area contributed by atoms with Crippen molar-refractivity contribution in [3.63, 3.8) is 0 Å². The Labute approximate surface area is 190 Å². The summed E-state index contributed by atoms with van der Waals surface area (Å²) in [5.41, 5.74) is 2.33. The summed E-state index contributed by atoms with van der Waals surface area (Å²) in [5.74, 6) is 0.820. The Morgan fingerprint density at radius 1 is 0.935 bits per heavy atom. The lowest BCUT2D eigenvalue weighted by atomic mass is 10.1. The second kappa shape index (κ2) is 9.69. The third-order valence-electron chi connectivity index (χ3n) is 4.59. The van der Waals surface area contributed by atoms with Crippen molar-refractivity contribution in [1.82, 2.24) is 9.78 Å². The van der Waals surface area contributed by atoms with Crippen molar-refractivity contribution in [1.29, 1.82) is 0 Å². The van der Waals surface area contributed by atoms with Crippen LogP contribution < -0.4 is 10.1 Å². The minimum Gasteiger partial charge on any atom is -0.487 e. The molecule has 0 aliphatic heterocycles. The van der Waals surface area contributed by atoms with Gasteiger partial charge in [0.2, 0.25) is 0 Å². The second-order valence-corrected chi connectivity index (χ2v) is 7.68. The molecule has 1 N–H and O–H groups in total. The van der Waals surface area contributed by atoms with Gasteiger partial charge >= 0.3 is 0 Å². The van der Waals surface area contributed by atoms with Gasteiger partial charge in [0, 0.05) is 22.8 Å². The highest BCUT2D eigenvalue weighted by atomic mass is 35.5. The van der Waals surface area contributed by atoms with Crippen molar-refractivity contribution < 1.29 is 9.53 Å². The fourth-order valence-electron chi connectivity index (χ4n) is 3.03. The highest BCUT2D eigenvalue weighted by Crippen LogP contribution is 2.24. The first kappa shape index (κ1) is 21.0. The van der Waals surface area contributed by atoms with Gasteiger partial charge in [0.25, 0.3) is 5.91 Å². The van der Waals surface area contributed by atoms with Gasteiger partial charge in [-0.05, 0) is 41.5 Å². The molecular weight excluding hydrogens is 433 g/mol. The molecular formula is C24H19Cl2N3O2. The van der Waals surface area contributed by atoms with Gasteiger partial charge in [-0.25, -0.2) is 0 Å². The molecule has 0 radical (unpaired) electrons. The highest BCUT2D eigenvalue weighted by Gasteiger charge is 2.10. The van der Waals surface area contributed by atoms with Gasteiger partial charge in [-0.15, -0.1) is 0 Å². The van der Waals surface area contributed by atoms with E-state index in [0.29, 0.717) is 40.3 Å². The summed E-state index contributed by atoms with van der Waals surface area (Å²) in [5, 5.41) is 8.46. The number of amides is 1. The van der Waals surface area contributed by atoms with Crippen molar-refractivity contribution in [2.24, 2.45) is 0 Å². The Morgan fingerprint density at radius 2 is 1.71 bits per heavy atom. The van der Waals surface area contributed by atoms with E-state index in [1.54, 1.807) is 41.2 Å². The maximum absolute atomic E-state index is 12.7. The van der Waals surface area contributed by atoms with E-state index in [0.717, 1.165) is 11.1 Å². The number of rotatable bonds is 7. The molecule has 31 heavy (non-hydrogen) atoms. The van der Waals surface area contributed by atoms with Gasteiger partial charge in [0.1, 0.15) is 12.4 Å². The molecule has 0 saturated carbocycles. The lowest BCUT2D eigenvalue weighted by Crippen LogP contribution is -2.13. The molecule has 156 valence electrons. The first-order valence-corrected chi connectivity index (χ1v) is 10.4. The number of aromatic nitrogens is 2. The molecule has 0 fully saturated rings. The summed E-state index contributed by atoms with van der Waals surface area (Å²) >= 11 is 12.3. The molecule has 0 aliphatic rings. The van der Waals surface area contributed by atoms with Gasteiger partial charge in [-0.3, -0.25) is 9.48 Å². The Hall–Kier alpha value is -3.28. The molecule has 1 heterocycles.